The van der Waals surface area contributed by atoms with Gasteiger partial charge in [0.05, 0.1) is 5.41 Å². The molecule has 1 saturated heterocycles. The topological polar surface area (TPSA) is 138 Å². The Bertz CT molecular complexity index is 646. The van der Waals surface area contributed by atoms with Gasteiger partial charge in [-0.1, -0.05) is 35.5 Å². The van der Waals surface area contributed by atoms with Crippen molar-refractivity contribution in [3.05, 3.63) is 23.8 Å². The SMILES string of the molecule is CC1(C(=O)O)C=CC=C(C(=O)O)C1.CCCN1CCCCC1.NS(=O)(=O)F. The number of halogens is 1. The van der Waals surface area contributed by atoms with Gasteiger partial charge in [-0.2, -0.15) is 8.42 Å². The van der Waals surface area contributed by atoms with Crippen LogP contribution in [0.2, 0.25) is 0 Å². The Balaban J connectivity index is 0.000000419. The number of allylic oxidation sites excluding steroid dienone is 2. The summed E-state index contributed by atoms with van der Waals surface area (Å²) in [6.07, 6.45) is 10.1. The third-order valence-corrected chi connectivity index (χ3v) is 4.07. The van der Waals surface area contributed by atoms with Crippen LogP contribution in [0.3, 0.4) is 0 Å². The van der Waals surface area contributed by atoms with Crippen LogP contribution in [0.25, 0.3) is 0 Å². The summed E-state index contributed by atoms with van der Waals surface area (Å²) in [6, 6.07) is 0. The number of hydrogen-bond donors (Lipinski definition) is 3. The minimum absolute atomic E-state index is 0.0359. The number of carbonyl (C=O) groups is 2. The van der Waals surface area contributed by atoms with Crippen LogP contribution in [0, 0.1) is 5.41 Å². The molecular weight excluding hydrogens is 379 g/mol. The van der Waals surface area contributed by atoms with Crippen LogP contribution in [0.4, 0.5) is 3.89 Å². The maximum atomic E-state index is 10.8. The molecule has 1 unspecified atom stereocenters. The predicted molar refractivity (Wildman–Crippen MR) is 100 cm³/mol. The zero-order valence-electron chi connectivity index (χ0n) is 15.7. The number of nitrogens with two attached hydrogens (primary N) is 1. The molecule has 1 aliphatic heterocycles. The summed E-state index contributed by atoms with van der Waals surface area (Å²) in [7, 11) is -4.67. The van der Waals surface area contributed by atoms with Gasteiger partial charge in [0.15, 0.2) is 0 Å². The molecule has 4 N–H and O–H groups in total. The van der Waals surface area contributed by atoms with Gasteiger partial charge < -0.3 is 15.1 Å². The summed E-state index contributed by atoms with van der Waals surface area (Å²) in [5.74, 6) is -2.06. The van der Waals surface area contributed by atoms with E-state index in [1.807, 2.05) is 0 Å². The molecule has 2 aliphatic rings. The van der Waals surface area contributed by atoms with Crippen molar-refractivity contribution in [2.45, 2.75) is 46.0 Å². The van der Waals surface area contributed by atoms with Crippen LogP contribution in [0.1, 0.15) is 46.0 Å². The van der Waals surface area contributed by atoms with E-state index in [-0.39, 0.29) is 12.0 Å². The smallest absolute Gasteiger partial charge is 0.369 e. The summed E-state index contributed by atoms with van der Waals surface area (Å²) in [6.45, 7) is 7.79. The molecule has 1 atom stereocenters. The van der Waals surface area contributed by atoms with Crippen molar-refractivity contribution in [3.8, 4) is 0 Å². The van der Waals surface area contributed by atoms with E-state index in [1.54, 1.807) is 0 Å². The second-order valence-corrected chi connectivity index (χ2v) is 7.58. The Morgan fingerprint density at radius 1 is 1.26 bits per heavy atom. The zero-order valence-corrected chi connectivity index (χ0v) is 16.5. The van der Waals surface area contributed by atoms with Gasteiger partial charge in [-0.25, -0.2) is 9.93 Å². The van der Waals surface area contributed by atoms with Crippen molar-refractivity contribution in [1.82, 2.24) is 4.90 Å². The van der Waals surface area contributed by atoms with Gasteiger partial charge in [0.2, 0.25) is 0 Å². The van der Waals surface area contributed by atoms with Crippen LogP contribution in [-0.2, 0) is 20.0 Å². The molecule has 8 nitrogen and oxygen atoms in total. The average molecular weight is 408 g/mol. The highest BCUT2D eigenvalue weighted by atomic mass is 32.3. The molecule has 0 aromatic heterocycles. The van der Waals surface area contributed by atoms with Gasteiger partial charge in [-0.3, -0.25) is 4.79 Å². The number of likely N-dealkylation sites (tertiary alicyclic amines) is 1. The first-order valence-electron chi connectivity index (χ1n) is 8.69. The lowest BCUT2D eigenvalue weighted by molar-refractivity contribution is -0.145. The van der Waals surface area contributed by atoms with E-state index in [1.165, 1.54) is 70.5 Å². The van der Waals surface area contributed by atoms with Crippen LogP contribution in [0.5, 0.6) is 0 Å². The number of piperidine rings is 1. The molecule has 2 rings (SSSR count). The summed E-state index contributed by atoms with van der Waals surface area (Å²) in [5.41, 5.74) is -0.949. The number of aliphatic carboxylic acids is 2. The number of hydrogen-bond acceptors (Lipinski definition) is 5. The maximum Gasteiger partial charge on any atom is 0.369 e. The van der Waals surface area contributed by atoms with Gasteiger partial charge in [-0.05, 0) is 52.2 Å². The third kappa shape index (κ3) is 12.3. The minimum atomic E-state index is -4.67. The Kier molecular flexibility index (Phi) is 11.1. The first kappa shape index (κ1) is 25.2. The van der Waals surface area contributed by atoms with Crippen LogP contribution >= 0.6 is 0 Å². The van der Waals surface area contributed by atoms with Crippen molar-refractivity contribution in [2.24, 2.45) is 10.6 Å². The first-order chi connectivity index (χ1) is 12.4. The Morgan fingerprint density at radius 3 is 2.19 bits per heavy atom. The van der Waals surface area contributed by atoms with Crippen LogP contribution in [-0.4, -0.2) is 55.1 Å². The van der Waals surface area contributed by atoms with E-state index in [2.05, 4.69) is 17.0 Å². The lowest BCUT2D eigenvalue weighted by atomic mass is 9.80. The fourth-order valence-electron chi connectivity index (χ4n) is 2.68. The second-order valence-electron chi connectivity index (χ2n) is 6.63. The summed E-state index contributed by atoms with van der Waals surface area (Å²) >= 11 is 0. The van der Waals surface area contributed by atoms with Gasteiger partial charge in [0, 0.05) is 5.57 Å². The quantitative estimate of drug-likeness (QED) is 0.605. The predicted octanol–water partition coefficient (Wildman–Crippen LogP) is 2.09. The average Bonchev–Trinajstić information content (AvgIpc) is 2.55. The molecule has 0 aromatic rings. The number of carboxylic acid groups (broad SMARTS) is 2. The fraction of sp³-hybridized carbons (Fsp3) is 0.647. The highest BCUT2D eigenvalue weighted by Gasteiger charge is 2.34. The monoisotopic (exact) mass is 408 g/mol. The first-order valence-corrected chi connectivity index (χ1v) is 10.1. The molecule has 27 heavy (non-hydrogen) atoms. The maximum absolute atomic E-state index is 10.8. The minimum Gasteiger partial charge on any atom is -0.481 e. The van der Waals surface area contributed by atoms with Gasteiger partial charge in [-0.15, -0.1) is 0 Å². The van der Waals surface area contributed by atoms with Gasteiger partial charge >= 0.3 is 22.3 Å². The molecule has 0 aromatic carbocycles. The summed E-state index contributed by atoms with van der Waals surface area (Å²) in [5, 5.41) is 21.1. The number of rotatable bonds is 4. The molecule has 0 bridgehead atoms. The Hall–Kier alpha value is -1.78. The van der Waals surface area contributed by atoms with E-state index in [0.29, 0.717) is 0 Å². The third-order valence-electron chi connectivity index (χ3n) is 4.07. The highest BCUT2D eigenvalue weighted by molar-refractivity contribution is 7.84. The Labute approximate surface area is 159 Å². The van der Waals surface area contributed by atoms with Crippen molar-refractivity contribution >= 4 is 22.3 Å². The molecule has 1 aliphatic carbocycles. The number of carboxylic acids is 2. The van der Waals surface area contributed by atoms with E-state index >= 15 is 0 Å². The molecule has 0 saturated carbocycles. The molecule has 0 amide bonds. The molecule has 1 heterocycles. The van der Waals surface area contributed by atoms with Crippen LogP contribution in [0.15, 0.2) is 23.8 Å². The zero-order chi connectivity index (χ0) is 21.1. The molecule has 0 radical (unpaired) electrons. The van der Waals surface area contributed by atoms with Crippen molar-refractivity contribution < 1.29 is 32.1 Å². The molecule has 156 valence electrons. The molecule has 0 spiro atoms. The van der Waals surface area contributed by atoms with Crippen molar-refractivity contribution in [3.63, 3.8) is 0 Å². The Morgan fingerprint density at radius 2 is 1.78 bits per heavy atom. The molecular formula is C17H29FN2O6S. The highest BCUT2D eigenvalue weighted by Crippen LogP contribution is 2.31. The van der Waals surface area contributed by atoms with E-state index in [4.69, 9.17) is 18.6 Å². The molecule has 10 heteroatoms. The number of nitrogens with zero attached hydrogens (tertiary/aromatic N) is 1. The van der Waals surface area contributed by atoms with Crippen molar-refractivity contribution in [1.29, 1.82) is 0 Å². The van der Waals surface area contributed by atoms with E-state index < -0.39 is 27.8 Å². The summed E-state index contributed by atoms with van der Waals surface area (Å²) in [4.78, 5) is 23.9. The largest absolute Gasteiger partial charge is 0.481 e. The fourth-order valence-corrected chi connectivity index (χ4v) is 2.68. The van der Waals surface area contributed by atoms with E-state index in [0.717, 1.165) is 0 Å². The second kappa shape index (κ2) is 11.8. The standard InChI is InChI=1S/C9H10O4.C8H17N.FH2NO2S/c1-9(8(12)13)4-2-3-6(5-9)7(10)11;1-2-6-9-7-4-3-5-8-9;1-5(2,3)4/h2-4H,5H2,1H3,(H,10,11)(H,12,13);2-8H2,1H3;(H2,2,3,4). The normalized spacial score (nSPS) is 22.4. The van der Waals surface area contributed by atoms with Gasteiger partial charge in [0.1, 0.15) is 0 Å². The summed E-state index contributed by atoms with van der Waals surface area (Å²) < 4.78 is 27.9. The van der Waals surface area contributed by atoms with Crippen LogP contribution < -0.4 is 5.14 Å². The van der Waals surface area contributed by atoms with Crippen molar-refractivity contribution in [2.75, 3.05) is 19.6 Å². The van der Waals surface area contributed by atoms with Gasteiger partial charge in [0.25, 0.3) is 0 Å². The molecule has 1 fully saturated rings. The lowest BCUT2D eigenvalue weighted by Gasteiger charge is -2.25. The van der Waals surface area contributed by atoms with E-state index in [9.17, 15) is 13.5 Å². The lowest BCUT2D eigenvalue weighted by Crippen LogP contribution is -2.30.